The van der Waals surface area contributed by atoms with E-state index >= 15 is 0 Å². The number of benzene rings is 2. The molecule has 0 aliphatic heterocycles. The van der Waals surface area contributed by atoms with Crippen LogP contribution in [-0.2, 0) is 6.18 Å². The van der Waals surface area contributed by atoms with Crippen molar-refractivity contribution in [3.05, 3.63) is 65.7 Å². The highest BCUT2D eigenvalue weighted by Gasteiger charge is 2.31. The number of nitrogens with two attached hydrogens (primary N) is 1. The average Bonchev–Trinajstić information content (AvgIpc) is 2.48. The fourth-order valence-corrected chi connectivity index (χ4v) is 2.28. The molecule has 0 aliphatic carbocycles. The Kier molecular flexibility index (Phi) is 4.53. The van der Waals surface area contributed by atoms with Crippen LogP contribution >= 0.6 is 0 Å². The summed E-state index contributed by atoms with van der Waals surface area (Å²) in [5, 5.41) is 0. The number of hydrogen-bond acceptors (Lipinski definition) is 2. The first-order chi connectivity index (χ1) is 9.93. The van der Waals surface area contributed by atoms with Gasteiger partial charge < -0.3 is 10.6 Å². The molecule has 0 aliphatic rings. The van der Waals surface area contributed by atoms with Gasteiger partial charge in [-0.3, -0.25) is 0 Å². The molecular formula is C16H17F3N2. The lowest BCUT2D eigenvalue weighted by atomic mass is 10.0. The van der Waals surface area contributed by atoms with Gasteiger partial charge in [0.1, 0.15) is 0 Å². The first-order valence-corrected chi connectivity index (χ1v) is 6.58. The van der Waals surface area contributed by atoms with Gasteiger partial charge in [-0.05, 0) is 29.8 Å². The van der Waals surface area contributed by atoms with Crippen LogP contribution in [-0.4, -0.2) is 13.6 Å². The standard InChI is InChI=1S/C16H17F3N2/c1-21(14-8-3-2-4-9-14)15(11-20)12-6-5-7-13(10-12)16(17,18)19/h2-10,15H,11,20H2,1H3. The summed E-state index contributed by atoms with van der Waals surface area (Å²) >= 11 is 0. The van der Waals surface area contributed by atoms with Crippen molar-refractivity contribution in [1.29, 1.82) is 0 Å². The largest absolute Gasteiger partial charge is 0.416 e. The van der Waals surface area contributed by atoms with E-state index < -0.39 is 11.7 Å². The molecule has 2 nitrogen and oxygen atoms in total. The summed E-state index contributed by atoms with van der Waals surface area (Å²) in [6.45, 7) is 0.229. The summed E-state index contributed by atoms with van der Waals surface area (Å²) in [7, 11) is 1.83. The zero-order valence-corrected chi connectivity index (χ0v) is 11.6. The van der Waals surface area contributed by atoms with Crippen LogP contribution in [0.5, 0.6) is 0 Å². The highest BCUT2D eigenvalue weighted by Crippen LogP contribution is 2.32. The molecule has 2 N–H and O–H groups in total. The van der Waals surface area contributed by atoms with Crippen molar-refractivity contribution < 1.29 is 13.2 Å². The molecule has 112 valence electrons. The summed E-state index contributed by atoms with van der Waals surface area (Å²) in [5.74, 6) is 0. The molecular weight excluding hydrogens is 277 g/mol. The van der Waals surface area contributed by atoms with E-state index in [4.69, 9.17) is 5.73 Å². The fourth-order valence-electron chi connectivity index (χ4n) is 2.28. The third kappa shape index (κ3) is 3.55. The van der Waals surface area contributed by atoms with Crippen LogP contribution in [0.15, 0.2) is 54.6 Å². The lowest BCUT2D eigenvalue weighted by Gasteiger charge is -2.30. The van der Waals surface area contributed by atoms with Crippen LogP contribution in [0.25, 0.3) is 0 Å². The number of likely N-dealkylation sites (N-methyl/N-ethyl adjacent to an activating group) is 1. The van der Waals surface area contributed by atoms with Crippen LogP contribution < -0.4 is 10.6 Å². The summed E-state index contributed by atoms with van der Waals surface area (Å²) in [6.07, 6.45) is -4.35. The molecule has 2 aromatic rings. The minimum Gasteiger partial charge on any atom is -0.366 e. The zero-order chi connectivity index (χ0) is 15.5. The van der Waals surface area contributed by atoms with E-state index in [-0.39, 0.29) is 12.6 Å². The van der Waals surface area contributed by atoms with Crippen LogP contribution in [0.2, 0.25) is 0 Å². The molecule has 2 rings (SSSR count). The minimum absolute atomic E-state index is 0.229. The first-order valence-electron chi connectivity index (χ1n) is 6.58. The number of para-hydroxylation sites is 1. The van der Waals surface area contributed by atoms with Crippen LogP contribution in [0.3, 0.4) is 0 Å². The van der Waals surface area contributed by atoms with Gasteiger partial charge >= 0.3 is 6.18 Å². The number of alkyl halides is 3. The van der Waals surface area contributed by atoms with E-state index in [1.54, 1.807) is 6.07 Å². The molecule has 0 fully saturated rings. The van der Waals surface area contributed by atoms with E-state index in [9.17, 15) is 13.2 Å². The molecule has 0 saturated carbocycles. The highest BCUT2D eigenvalue weighted by molar-refractivity contribution is 5.48. The number of nitrogens with zero attached hydrogens (tertiary/aromatic N) is 1. The highest BCUT2D eigenvalue weighted by atomic mass is 19.4. The Bertz CT molecular complexity index is 582. The number of anilines is 1. The SMILES string of the molecule is CN(c1ccccc1)C(CN)c1cccc(C(F)(F)F)c1. The predicted octanol–water partition coefficient (Wildman–Crippen LogP) is 3.84. The van der Waals surface area contributed by atoms with E-state index in [0.29, 0.717) is 5.56 Å². The molecule has 0 heterocycles. The molecule has 1 atom stereocenters. The monoisotopic (exact) mass is 294 g/mol. The second-order valence-electron chi connectivity index (χ2n) is 4.82. The summed E-state index contributed by atoms with van der Waals surface area (Å²) in [5.41, 5.74) is 6.59. The zero-order valence-electron chi connectivity index (χ0n) is 11.6. The van der Waals surface area contributed by atoms with Gasteiger partial charge in [0.2, 0.25) is 0 Å². The smallest absolute Gasteiger partial charge is 0.366 e. The summed E-state index contributed by atoms with van der Waals surface area (Å²) < 4.78 is 38.4. The molecule has 21 heavy (non-hydrogen) atoms. The van der Waals surface area contributed by atoms with Gasteiger partial charge in [-0.25, -0.2) is 0 Å². The van der Waals surface area contributed by atoms with Crippen molar-refractivity contribution >= 4 is 5.69 Å². The Balaban J connectivity index is 2.34. The van der Waals surface area contributed by atoms with Crippen molar-refractivity contribution in [2.45, 2.75) is 12.2 Å². The first kappa shape index (κ1) is 15.4. The van der Waals surface area contributed by atoms with Crippen molar-refractivity contribution in [3.8, 4) is 0 Å². The van der Waals surface area contributed by atoms with Gasteiger partial charge in [-0.1, -0.05) is 30.3 Å². The number of rotatable bonds is 4. The molecule has 0 bridgehead atoms. The Morgan fingerprint density at radius 2 is 1.71 bits per heavy atom. The third-order valence-electron chi connectivity index (χ3n) is 3.45. The molecule has 0 spiro atoms. The average molecular weight is 294 g/mol. The van der Waals surface area contributed by atoms with Gasteiger partial charge in [0.25, 0.3) is 0 Å². The van der Waals surface area contributed by atoms with E-state index in [2.05, 4.69) is 0 Å². The second-order valence-corrected chi connectivity index (χ2v) is 4.82. The van der Waals surface area contributed by atoms with E-state index in [1.807, 2.05) is 42.3 Å². The fraction of sp³-hybridized carbons (Fsp3) is 0.250. The maximum Gasteiger partial charge on any atom is 0.416 e. The third-order valence-corrected chi connectivity index (χ3v) is 3.45. The molecule has 0 aromatic heterocycles. The van der Waals surface area contributed by atoms with Gasteiger partial charge in [0, 0.05) is 19.3 Å². The van der Waals surface area contributed by atoms with Crippen molar-refractivity contribution in [2.24, 2.45) is 5.73 Å². The lowest BCUT2D eigenvalue weighted by Crippen LogP contribution is -2.30. The topological polar surface area (TPSA) is 29.3 Å². The quantitative estimate of drug-likeness (QED) is 0.928. The molecule has 1 unspecified atom stereocenters. The predicted molar refractivity (Wildman–Crippen MR) is 78.1 cm³/mol. The normalized spacial score (nSPS) is 13.0. The van der Waals surface area contributed by atoms with Gasteiger partial charge in [-0.15, -0.1) is 0 Å². The molecule has 0 saturated heterocycles. The minimum atomic E-state index is -4.35. The molecule has 5 heteroatoms. The van der Waals surface area contributed by atoms with Crippen LogP contribution in [0.1, 0.15) is 17.2 Å². The molecule has 0 amide bonds. The Labute approximate surface area is 122 Å². The van der Waals surface area contributed by atoms with E-state index in [0.717, 1.165) is 17.8 Å². The second kappa shape index (κ2) is 6.18. The van der Waals surface area contributed by atoms with Gasteiger partial charge in [0.15, 0.2) is 0 Å². The van der Waals surface area contributed by atoms with Crippen molar-refractivity contribution in [2.75, 3.05) is 18.5 Å². The van der Waals surface area contributed by atoms with Crippen LogP contribution in [0.4, 0.5) is 18.9 Å². The van der Waals surface area contributed by atoms with Crippen molar-refractivity contribution in [3.63, 3.8) is 0 Å². The lowest BCUT2D eigenvalue weighted by molar-refractivity contribution is -0.137. The molecule has 2 aromatic carbocycles. The Morgan fingerprint density at radius 3 is 2.29 bits per heavy atom. The Morgan fingerprint density at radius 1 is 1.05 bits per heavy atom. The Hall–Kier alpha value is -2.01. The molecule has 0 radical (unpaired) electrons. The van der Waals surface area contributed by atoms with E-state index in [1.165, 1.54) is 6.07 Å². The van der Waals surface area contributed by atoms with Gasteiger partial charge in [0.05, 0.1) is 11.6 Å². The maximum atomic E-state index is 12.8. The van der Waals surface area contributed by atoms with Gasteiger partial charge in [-0.2, -0.15) is 13.2 Å². The summed E-state index contributed by atoms with van der Waals surface area (Å²) in [6, 6.07) is 14.5. The number of hydrogen-bond donors (Lipinski definition) is 1. The maximum absolute atomic E-state index is 12.8. The van der Waals surface area contributed by atoms with Crippen LogP contribution in [0, 0.1) is 0 Å². The summed E-state index contributed by atoms with van der Waals surface area (Å²) in [4.78, 5) is 1.88. The van der Waals surface area contributed by atoms with Crippen molar-refractivity contribution in [1.82, 2.24) is 0 Å². The number of halogens is 3.